The zero-order chi connectivity index (χ0) is 13.7. The van der Waals surface area contributed by atoms with E-state index >= 15 is 0 Å². The fraction of sp³-hybridized carbons (Fsp3) is 0.812. The van der Waals surface area contributed by atoms with Crippen molar-refractivity contribution in [2.75, 3.05) is 13.1 Å². The second-order valence-corrected chi connectivity index (χ2v) is 6.31. The Morgan fingerprint density at radius 1 is 1.21 bits per heavy atom. The Labute approximate surface area is 117 Å². The number of carbonyl (C=O) groups excluding carboxylic acids is 1. The summed E-state index contributed by atoms with van der Waals surface area (Å²) in [7, 11) is 0. The van der Waals surface area contributed by atoms with Crippen molar-refractivity contribution in [1.82, 2.24) is 4.90 Å². The molecule has 0 spiro atoms. The number of rotatable bonds is 5. The van der Waals surface area contributed by atoms with Crippen LogP contribution in [0.15, 0.2) is 12.7 Å². The van der Waals surface area contributed by atoms with Crippen molar-refractivity contribution in [3.63, 3.8) is 0 Å². The maximum absolute atomic E-state index is 12.6. The van der Waals surface area contributed by atoms with Gasteiger partial charge in [-0.2, -0.15) is 0 Å². The zero-order valence-corrected chi connectivity index (χ0v) is 12.0. The second kappa shape index (κ2) is 7.09. The van der Waals surface area contributed by atoms with E-state index in [0.29, 0.717) is 18.4 Å². The quantitative estimate of drug-likeness (QED) is 0.776. The molecule has 0 saturated heterocycles. The minimum atomic E-state index is 0.165. The molecule has 0 radical (unpaired) electrons. The Hall–Kier alpha value is -0.830. The third-order valence-corrected chi connectivity index (χ3v) is 4.69. The van der Waals surface area contributed by atoms with Gasteiger partial charge in [0.2, 0.25) is 5.91 Å². The topological polar surface area (TPSA) is 46.3 Å². The van der Waals surface area contributed by atoms with Gasteiger partial charge in [-0.15, -0.1) is 6.58 Å². The molecule has 0 aromatic heterocycles. The van der Waals surface area contributed by atoms with Crippen LogP contribution < -0.4 is 5.73 Å². The fourth-order valence-corrected chi connectivity index (χ4v) is 3.59. The van der Waals surface area contributed by atoms with Crippen molar-refractivity contribution in [3.05, 3.63) is 12.7 Å². The van der Waals surface area contributed by atoms with E-state index in [4.69, 9.17) is 5.73 Å². The van der Waals surface area contributed by atoms with E-state index in [1.807, 2.05) is 11.0 Å². The molecule has 0 aromatic rings. The van der Waals surface area contributed by atoms with E-state index in [0.717, 1.165) is 25.8 Å². The molecule has 2 fully saturated rings. The van der Waals surface area contributed by atoms with Crippen molar-refractivity contribution in [2.45, 2.75) is 57.4 Å². The van der Waals surface area contributed by atoms with Crippen LogP contribution in [0.4, 0.5) is 0 Å². The highest BCUT2D eigenvalue weighted by Crippen LogP contribution is 2.28. The number of amides is 1. The van der Waals surface area contributed by atoms with Gasteiger partial charge in [0.15, 0.2) is 0 Å². The van der Waals surface area contributed by atoms with E-state index < -0.39 is 0 Å². The lowest BCUT2D eigenvalue weighted by molar-refractivity contribution is -0.135. The number of nitrogens with zero attached hydrogens (tertiary/aromatic N) is 1. The summed E-state index contributed by atoms with van der Waals surface area (Å²) in [4.78, 5) is 14.6. The number of hydrogen-bond donors (Lipinski definition) is 1. The van der Waals surface area contributed by atoms with Gasteiger partial charge in [-0.3, -0.25) is 4.79 Å². The van der Waals surface area contributed by atoms with Gasteiger partial charge in [-0.05, 0) is 38.0 Å². The molecule has 0 bridgehead atoms. The van der Waals surface area contributed by atoms with E-state index in [1.165, 1.54) is 32.1 Å². The third-order valence-electron chi connectivity index (χ3n) is 4.69. The van der Waals surface area contributed by atoms with E-state index in [2.05, 4.69) is 6.58 Å². The largest absolute Gasteiger partial charge is 0.338 e. The molecular weight excluding hydrogens is 236 g/mol. The Morgan fingerprint density at radius 3 is 2.53 bits per heavy atom. The summed E-state index contributed by atoms with van der Waals surface area (Å²) in [6, 6.07) is 0.231. The minimum absolute atomic E-state index is 0.165. The standard InChI is InChI=1S/C16H28N2O/c1-2-10-18(12-13-6-4-3-5-7-13)16(19)14-8-9-15(17)11-14/h2,13-15H,1,3-12,17H2. The predicted octanol–water partition coefficient (Wildman–Crippen LogP) is 2.71. The van der Waals surface area contributed by atoms with Crippen molar-refractivity contribution in [3.8, 4) is 0 Å². The van der Waals surface area contributed by atoms with Crippen molar-refractivity contribution in [2.24, 2.45) is 17.6 Å². The Bertz CT molecular complexity index is 310. The van der Waals surface area contributed by atoms with Crippen LogP contribution in [0.25, 0.3) is 0 Å². The maximum atomic E-state index is 12.6. The lowest BCUT2D eigenvalue weighted by atomic mass is 9.88. The predicted molar refractivity (Wildman–Crippen MR) is 78.7 cm³/mol. The van der Waals surface area contributed by atoms with Crippen LogP contribution in [0.2, 0.25) is 0 Å². The molecule has 2 aliphatic rings. The van der Waals surface area contributed by atoms with E-state index in [1.54, 1.807) is 0 Å². The summed E-state index contributed by atoms with van der Waals surface area (Å²) in [6.07, 6.45) is 11.3. The highest BCUT2D eigenvalue weighted by molar-refractivity contribution is 5.79. The maximum Gasteiger partial charge on any atom is 0.226 e. The summed E-state index contributed by atoms with van der Waals surface area (Å²) < 4.78 is 0. The van der Waals surface area contributed by atoms with Crippen molar-refractivity contribution in [1.29, 1.82) is 0 Å². The fourth-order valence-electron chi connectivity index (χ4n) is 3.59. The average Bonchev–Trinajstić information content (AvgIpc) is 2.85. The third kappa shape index (κ3) is 4.07. The van der Waals surface area contributed by atoms with Gasteiger partial charge in [0, 0.05) is 25.0 Å². The Morgan fingerprint density at radius 2 is 1.95 bits per heavy atom. The van der Waals surface area contributed by atoms with E-state index in [9.17, 15) is 4.79 Å². The molecule has 2 rings (SSSR count). The van der Waals surface area contributed by atoms with Crippen LogP contribution in [-0.2, 0) is 4.79 Å². The SMILES string of the molecule is C=CCN(CC1CCCCC1)C(=O)C1CCC(N)C1. The molecule has 2 N–H and O–H groups in total. The molecule has 1 amide bonds. The zero-order valence-electron chi connectivity index (χ0n) is 12.0. The van der Waals surface area contributed by atoms with Crippen LogP contribution in [0.3, 0.4) is 0 Å². The van der Waals surface area contributed by atoms with Crippen LogP contribution in [0.5, 0.6) is 0 Å². The van der Waals surface area contributed by atoms with E-state index in [-0.39, 0.29) is 12.0 Å². The van der Waals surface area contributed by atoms with Crippen molar-refractivity contribution >= 4 is 5.91 Å². The van der Waals surface area contributed by atoms with Gasteiger partial charge < -0.3 is 10.6 Å². The molecule has 0 aromatic carbocycles. The highest BCUT2D eigenvalue weighted by Gasteiger charge is 2.31. The van der Waals surface area contributed by atoms with Crippen LogP contribution in [0.1, 0.15) is 51.4 Å². The number of carbonyl (C=O) groups is 1. The van der Waals surface area contributed by atoms with Gasteiger partial charge in [-0.1, -0.05) is 25.3 Å². The van der Waals surface area contributed by atoms with Gasteiger partial charge in [-0.25, -0.2) is 0 Å². The summed E-state index contributed by atoms with van der Waals surface area (Å²) >= 11 is 0. The summed E-state index contributed by atoms with van der Waals surface area (Å²) in [6.45, 7) is 5.42. The first-order valence-corrected chi connectivity index (χ1v) is 7.86. The summed E-state index contributed by atoms with van der Waals surface area (Å²) in [5, 5.41) is 0. The molecule has 0 heterocycles. The lowest BCUT2D eigenvalue weighted by Gasteiger charge is -2.30. The van der Waals surface area contributed by atoms with Gasteiger partial charge >= 0.3 is 0 Å². The molecule has 3 heteroatoms. The van der Waals surface area contributed by atoms with Gasteiger partial charge in [0.1, 0.15) is 0 Å². The Balaban J connectivity index is 1.90. The molecule has 108 valence electrons. The first kappa shape index (κ1) is 14.6. The van der Waals surface area contributed by atoms with Gasteiger partial charge in [0.05, 0.1) is 0 Å². The molecular formula is C16H28N2O. The van der Waals surface area contributed by atoms with Gasteiger partial charge in [0.25, 0.3) is 0 Å². The monoisotopic (exact) mass is 264 g/mol. The smallest absolute Gasteiger partial charge is 0.226 e. The normalized spacial score (nSPS) is 28.3. The molecule has 2 aliphatic carbocycles. The molecule has 19 heavy (non-hydrogen) atoms. The first-order chi connectivity index (χ1) is 9.20. The number of nitrogens with two attached hydrogens (primary N) is 1. The summed E-state index contributed by atoms with van der Waals surface area (Å²) in [5.41, 5.74) is 5.93. The van der Waals surface area contributed by atoms with Crippen molar-refractivity contribution < 1.29 is 4.79 Å². The average molecular weight is 264 g/mol. The summed E-state index contributed by atoms with van der Waals surface area (Å²) in [5.74, 6) is 1.18. The van der Waals surface area contributed by atoms with Crippen LogP contribution in [-0.4, -0.2) is 29.9 Å². The second-order valence-electron chi connectivity index (χ2n) is 6.31. The Kier molecular flexibility index (Phi) is 5.44. The molecule has 2 atom stereocenters. The minimum Gasteiger partial charge on any atom is -0.338 e. The molecule has 0 aliphatic heterocycles. The highest BCUT2D eigenvalue weighted by atomic mass is 16.2. The van der Waals surface area contributed by atoms with Crippen LogP contribution in [0, 0.1) is 11.8 Å². The first-order valence-electron chi connectivity index (χ1n) is 7.86. The van der Waals surface area contributed by atoms with Crippen LogP contribution >= 0.6 is 0 Å². The molecule has 2 unspecified atom stereocenters. The molecule has 2 saturated carbocycles. The number of hydrogen-bond acceptors (Lipinski definition) is 2. The lowest BCUT2D eigenvalue weighted by Crippen LogP contribution is -2.39. The molecule has 3 nitrogen and oxygen atoms in total.